The molecule has 0 saturated heterocycles. The highest BCUT2D eigenvalue weighted by Crippen LogP contribution is 2.39. The van der Waals surface area contributed by atoms with E-state index in [0.29, 0.717) is 34.5 Å². The van der Waals surface area contributed by atoms with Gasteiger partial charge in [-0.25, -0.2) is 9.37 Å². The van der Waals surface area contributed by atoms with Crippen LogP contribution in [0.5, 0.6) is 0 Å². The number of hydrogen-bond donors (Lipinski definition) is 1. The van der Waals surface area contributed by atoms with Crippen LogP contribution >= 0.6 is 11.6 Å². The number of aliphatic hydroxyl groups is 1. The highest BCUT2D eigenvalue weighted by molar-refractivity contribution is 6.35. The molecule has 0 aliphatic rings. The molecule has 0 unspecified atom stereocenters. The SMILES string of the molecule is CCn1c(C(O)(c2ccccc2)c2ccccc2)nc2ccc(F)c(Cl)c21. The number of benzene rings is 3. The number of fused-ring (bicyclic) bond motifs is 1. The molecule has 0 radical (unpaired) electrons. The van der Waals surface area contributed by atoms with Crippen LogP contribution in [0, 0.1) is 5.82 Å². The molecule has 0 atom stereocenters. The van der Waals surface area contributed by atoms with Crippen molar-refractivity contribution < 1.29 is 9.50 Å². The van der Waals surface area contributed by atoms with Gasteiger partial charge in [0.25, 0.3) is 0 Å². The smallest absolute Gasteiger partial charge is 0.173 e. The number of hydrogen-bond acceptors (Lipinski definition) is 2. The largest absolute Gasteiger partial charge is 0.373 e. The van der Waals surface area contributed by atoms with E-state index in [1.165, 1.54) is 6.07 Å². The monoisotopic (exact) mass is 380 g/mol. The first-order chi connectivity index (χ1) is 13.1. The van der Waals surface area contributed by atoms with Crippen molar-refractivity contribution in [2.45, 2.75) is 19.1 Å². The van der Waals surface area contributed by atoms with Gasteiger partial charge in [-0.2, -0.15) is 0 Å². The topological polar surface area (TPSA) is 38.0 Å². The molecule has 0 fully saturated rings. The van der Waals surface area contributed by atoms with Crippen LogP contribution in [-0.2, 0) is 12.1 Å². The molecular formula is C22H18ClFN2O. The van der Waals surface area contributed by atoms with Gasteiger partial charge in [0.15, 0.2) is 11.4 Å². The first-order valence-corrected chi connectivity index (χ1v) is 9.13. The standard InChI is InChI=1S/C22H18ClFN2O/c1-2-26-20-18(14-13-17(24)19(20)23)25-21(26)22(27,15-9-5-3-6-10-15)16-11-7-4-8-12-16/h3-14,27H,2H2,1H3. The zero-order valence-corrected chi connectivity index (χ0v) is 15.5. The van der Waals surface area contributed by atoms with E-state index in [1.54, 1.807) is 10.6 Å². The van der Waals surface area contributed by atoms with Gasteiger partial charge in [-0.15, -0.1) is 0 Å². The molecule has 0 saturated carbocycles. The Morgan fingerprint density at radius 1 is 0.963 bits per heavy atom. The molecule has 136 valence electrons. The Kier molecular flexibility index (Phi) is 4.46. The van der Waals surface area contributed by atoms with Crippen molar-refractivity contribution in [3.63, 3.8) is 0 Å². The summed E-state index contributed by atoms with van der Waals surface area (Å²) in [5.41, 5.74) is 0.885. The van der Waals surface area contributed by atoms with Gasteiger partial charge in [-0.05, 0) is 30.2 Å². The molecule has 0 aliphatic carbocycles. The number of nitrogens with zero attached hydrogens (tertiary/aromatic N) is 2. The molecule has 4 rings (SSSR count). The maximum Gasteiger partial charge on any atom is 0.173 e. The van der Waals surface area contributed by atoms with Crippen molar-refractivity contribution in [1.29, 1.82) is 0 Å². The second-order valence-electron chi connectivity index (χ2n) is 6.35. The third-order valence-electron chi connectivity index (χ3n) is 4.82. The lowest BCUT2D eigenvalue weighted by Crippen LogP contribution is -2.32. The fraction of sp³-hybridized carbons (Fsp3) is 0.136. The summed E-state index contributed by atoms with van der Waals surface area (Å²) in [4.78, 5) is 4.67. The first kappa shape index (κ1) is 17.7. The number of imidazole rings is 1. The maximum atomic E-state index is 14.1. The minimum atomic E-state index is -1.50. The van der Waals surface area contributed by atoms with Gasteiger partial charge in [0.1, 0.15) is 10.8 Å². The average molecular weight is 381 g/mol. The van der Waals surface area contributed by atoms with Crippen LogP contribution in [0.15, 0.2) is 72.8 Å². The van der Waals surface area contributed by atoms with E-state index < -0.39 is 11.4 Å². The Bertz CT molecular complexity index is 1050. The summed E-state index contributed by atoms with van der Waals surface area (Å²) >= 11 is 6.25. The van der Waals surface area contributed by atoms with Crippen LogP contribution in [0.25, 0.3) is 11.0 Å². The zero-order chi connectivity index (χ0) is 19.0. The molecule has 0 amide bonds. The number of halogens is 2. The van der Waals surface area contributed by atoms with Crippen LogP contribution in [0.4, 0.5) is 4.39 Å². The summed E-state index contributed by atoms with van der Waals surface area (Å²) in [6.45, 7) is 2.40. The number of aromatic nitrogens is 2. The van der Waals surface area contributed by atoms with E-state index in [0.717, 1.165) is 0 Å². The molecule has 1 N–H and O–H groups in total. The molecular weight excluding hydrogens is 363 g/mol. The Balaban J connectivity index is 2.10. The van der Waals surface area contributed by atoms with Gasteiger partial charge in [0, 0.05) is 6.54 Å². The van der Waals surface area contributed by atoms with Crippen LogP contribution < -0.4 is 0 Å². The van der Waals surface area contributed by atoms with Crippen molar-refractivity contribution in [2.24, 2.45) is 0 Å². The van der Waals surface area contributed by atoms with E-state index in [1.807, 2.05) is 67.6 Å². The van der Waals surface area contributed by atoms with Crippen molar-refractivity contribution in [3.8, 4) is 0 Å². The van der Waals surface area contributed by atoms with Crippen LogP contribution in [0.3, 0.4) is 0 Å². The third-order valence-corrected chi connectivity index (χ3v) is 5.18. The molecule has 5 heteroatoms. The number of rotatable bonds is 4. The normalized spacial score (nSPS) is 11.9. The van der Waals surface area contributed by atoms with Gasteiger partial charge in [0.05, 0.1) is 11.0 Å². The highest BCUT2D eigenvalue weighted by Gasteiger charge is 2.39. The summed E-state index contributed by atoms with van der Waals surface area (Å²) in [6, 6.07) is 21.6. The second-order valence-corrected chi connectivity index (χ2v) is 6.73. The van der Waals surface area contributed by atoms with Crippen LogP contribution in [-0.4, -0.2) is 14.7 Å². The number of aryl methyl sites for hydroxylation is 1. The third kappa shape index (κ3) is 2.73. The van der Waals surface area contributed by atoms with Gasteiger partial charge >= 0.3 is 0 Å². The lowest BCUT2D eigenvalue weighted by molar-refractivity contribution is 0.112. The molecule has 27 heavy (non-hydrogen) atoms. The highest BCUT2D eigenvalue weighted by atomic mass is 35.5. The van der Waals surface area contributed by atoms with E-state index >= 15 is 0 Å². The molecule has 0 aliphatic heterocycles. The van der Waals surface area contributed by atoms with Crippen molar-refractivity contribution in [2.75, 3.05) is 0 Å². The van der Waals surface area contributed by atoms with Crippen molar-refractivity contribution >= 4 is 22.6 Å². The fourth-order valence-electron chi connectivity index (χ4n) is 3.52. The molecule has 4 aromatic rings. The van der Waals surface area contributed by atoms with E-state index in [9.17, 15) is 9.50 Å². The summed E-state index contributed by atoms with van der Waals surface area (Å²) in [5, 5.41) is 12.0. The van der Waals surface area contributed by atoms with Crippen LogP contribution in [0.1, 0.15) is 23.9 Å². The molecule has 1 heterocycles. The predicted octanol–water partition coefficient (Wildman–Crippen LogP) is 5.13. The molecule has 3 aromatic carbocycles. The van der Waals surface area contributed by atoms with E-state index in [4.69, 9.17) is 11.6 Å². The van der Waals surface area contributed by atoms with Crippen molar-refractivity contribution in [1.82, 2.24) is 9.55 Å². The van der Waals surface area contributed by atoms with Gasteiger partial charge in [-0.3, -0.25) is 0 Å². The average Bonchev–Trinajstić information content (AvgIpc) is 3.11. The predicted molar refractivity (Wildman–Crippen MR) is 105 cm³/mol. The summed E-state index contributed by atoms with van der Waals surface area (Å²) in [5.74, 6) is -0.0989. The van der Waals surface area contributed by atoms with E-state index in [-0.39, 0.29) is 5.02 Å². The van der Waals surface area contributed by atoms with Gasteiger partial charge in [-0.1, -0.05) is 72.3 Å². The Labute approximate surface area is 161 Å². The Morgan fingerprint density at radius 2 is 1.52 bits per heavy atom. The van der Waals surface area contributed by atoms with Crippen molar-refractivity contribution in [3.05, 3.63) is 101 Å². The van der Waals surface area contributed by atoms with Gasteiger partial charge < -0.3 is 9.67 Å². The van der Waals surface area contributed by atoms with Crippen LogP contribution in [0.2, 0.25) is 5.02 Å². The minimum absolute atomic E-state index is 0.0107. The zero-order valence-electron chi connectivity index (χ0n) is 14.7. The Morgan fingerprint density at radius 3 is 2.04 bits per heavy atom. The van der Waals surface area contributed by atoms with E-state index in [2.05, 4.69) is 4.98 Å². The minimum Gasteiger partial charge on any atom is -0.373 e. The second kappa shape index (κ2) is 6.80. The first-order valence-electron chi connectivity index (χ1n) is 8.75. The lowest BCUT2D eigenvalue weighted by Gasteiger charge is -2.29. The maximum absolute atomic E-state index is 14.1. The molecule has 3 nitrogen and oxygen atoms in total. The van der Waals surface area contributed by atoms with Gasteiger partial charge in [0.2, 0.25) is 0 Å². The Hall–Kier alpha value is -2.69. The molecule has 0 bridgehead atoms. The summed E-state index contributed by atoms with van der Waals surface area (Å²) in [6.07, 6.45) is 0. The molecule has 0 spiro atoms. The summed E-state index contributed by atoms with van der Waals surface area (Å²) < 4.78 is 15.9. The summed E-state index contributed by atoms with van der Waals surface area (Å²) in [7, 11) is 0. The lowest BCUT2D eigenvalue weighted by atomic mass is 9.85. The quantitative estimate of drug-likeness (QED) is 0.532. The molecule has 1 aromatic heterocycles. The fourth-order valence-corrected chi connectivity index (χ4v) is 3.79.